The minimum Gasteiger partial charge on any atom is -0.330 e. The van der Waals surface area contributed by atoms with E-state index in [-0.39, 0.29) is 0 Å². The van der Waals surface area contributed by atoms with Gasteiger partial charge in [-0.15, -0.1) is 0 Å². The molecule has 100 valence electrons. The fourth-order valence-electron chi connectivity index (χ4n) is 1.86. The third-order valence-corrected chi connectivity index (χ3v) is 3.14. The van der Waals surface area contributed by atoms with Crippen LogP contribution < -0.4 is 17.4 Å². The first-order valence-corrected chi connectivity index (χ1v) is 6.54. The Labute approximate surface area is 102 Å². The molecule has 6 N–H and O–H groups in total. The molecule has 0 fully saturated rings. The van der Waals surface area contributed by atoms with Gasteiger partial charge in [-0.1, -0.05) is 27.2 Å². The van der Waals surface area contributed by atoms with Crippen LogP contribution in [0.25, 0.3) is 0 Å². The van der Waals surface area contributed by atoms with Gasteiger partial charge in [0.05, 0.1) is 0 Å². The lowest BCUT2D eigenvalue weighted by molar-refractivity contribution is 0.266. The molecule has 0 aliphatic heterocycles. The van der Waals surface area contributed by atoms with E-state index in [4.69, 9.17) is 5.73 Å². The lowest BCUT2D eigenvalue weighted by Crippen LogP contribution is -2.25. The summed E-state index contributed by atoms with van der Waals surface area (Å²) >= 11 is 0. The molecule has 0 saturated heterocycles. The second kappa shape index (κ2) is 14.8. The van der Waals surface area contributed by atoms with Crippen LogP contribution in [0.1, 0.15) is 46.5 Å². The summed E-state index contributed by atoms with van der Waals surface area (Å²) in [5.41, 5.74) is 5.53. The van der Waals surface area contributed by atoms with Crippen molar-refractivity contribution in [2.45, 2.75) is 46.5 Å². The van der Waals surface area contributed by atoms with Gasteiger partial charge < -0.3 is 10.6 Å². The molecule has 0 saturated carbocycles. The Morgan fingerprint density at radius 1 is 1.00 bits per heavy atom. The Bertz CT molecular complexity index is 116. The van der Waals surface area contributed by atoms with Gasteiger partial charge in [0.2, 0.25) is 0 Å². The van der Waals surface area contributed by atoms with Crippen LogP contribution in [0.3, 0.4) is 0 Å². The molecular weight excluding hydrogens is 200 g/mol. The molecule has 16 heavy (non-hydrogen) atoms. The average molecular weight is 232 g/mol. The first kappa shape index (κ1) is 18.2. The second-order valence-corrected chi connectivity index (χ2v) is 4.02. The van der Waals surface area contributed by atoms with Gasteiger partial charge in [0.15, 0.2) is 0 Å². The van der Waals surface area contributed by atoms with Crippen molar-refractivity contribution in [2.24, 2.45) is 23.3 Å². The lowest BCUT2D eigenvalue weighted by Gasteiger charge is -2.21. The Morgan fingerprint density at radius 3 is 1.94 bits per heavy atom. The summed E-state index contributed by atoms with van der Waals surface area (Å²) in [5.74, 6) is 8.89. The molecule has 0 amide bonds. The fourth-order valence-corrected chi connectivity index (χ4v) is 1.86. The molecule has 0 bridgehead atoms. The van der Waals surface area contributed by atoms with Gasteiger partial charge in [-0.2, -0.15) is 0 Å². The highest BCUT2D eigenvalue weighted by atomic mass is 15.1. The molecule has 0 heterocycles. The molecule has 0 aliphatic rings. The Morgan fingerprint density at radius 2 is 1.56 bits per heavy atom. The van der Waals surface area contributed by atoms with Gasteiger partial charge in [-0.05, 0) is 51.4 Å². The molecule has 0 spiro atoms. The molecule has 0 aromatic rings. The average Bonchev–Trinajstić information content (AvgIpc) is 2.36. The van der Waals surface area contributed by atoms with Crippen molar-refractivity contribution in [3.63, 3.8) is 0 Å². The first-order valence-electron chi connectivity index (χ1n) is 6.54. The number of nitrogens with two attached hydrogens (primary N) is 3. The zero-order valence-corrected chi connectivity index (χ0v) is 11.4. The molecule has 4 heteroatoms. The summed E-state index contributed by atoms with van der Waals surface area (Å²) in [5, 5.41) is 0. The van der Waals surface area contributed by atoms with E-state index in [0.717, 1.165) is 12.5 Å². The molecule has 0 rings (SSSR count). The molecule has 1 atom stereocenters. The van der Waals surface area contributed by atoms with E-state index in [1.54, 1.807) is 0 Å². The molecule has 0 aromatic carbocycles. The van der Waals surface area contributed by atoms with Crippen molar-refractivity contribution in [3.05, 3.63) is 0 Å². The van der Waals surface area contributed by atoms with E-state index in [2.05, 4.69) is 37.4 Å². The summed E-state index contributed by atoms with van der Waals surface area (Å²) in [6.07, 6.45) is 5.16. The minimum absolute atomic E-state index is 0.849. The third-order valence-electron chi connectivity index (χ3n) is 3.14. The molecule has 4 nitrogen and oxygen atoms in total. The predicted octanol–water partition coefficient (Wildman–Crippen LogP) is 1.30. The Hall–Kier alpha value is -0.160. The summed E-state index contributed by atoms with van der Waals surface area (Å²) in [7, 11) is 0. The van der Waals surface area contributed by atoms with Gasteiger partial charge in [0.1, 0.15) is 0 Å². The highest BCUT2D eigenvalue weighted by molar-refractivity contribution is 4.61. The SMILES string of the molecule is CCC(CCCN)CCN(CC)CC.NN. The second-order valence-electron chi connectivity index (χ2n) is 4.02. The number of hydrazine groups is 1. The van der Waals surface area contributed by atoms with Crippen molar-refractivity contribution in [3.8, 4) is 0 Å². The van der Waals surface area contributed by atoms with Crippen molar-refractivity contribution in [1.29, 1.82) is 0 Å². The van der Waals surface area contributed by atoms with E-state index < -0.39 is 0 Å². The predicted molar refractivity (Wildman–Crippen MR) is 72.8 cm³/mol. The molecule has 0 aliphatic carbocycles. The topological polar surface area (TPSA) is 81.3 Å². The standard InChI is InChI=1S/C12H28N2.H4N2/c1-4-12(8-7-10-13)9-11-14(5-2)6-3;1-2/h12H,4-11,13H2,1-3H3;1-2H2. The fraction of sp³-hybridized carbons (Fsp3) is 1.00. The zero-order valence-electron chi connectivity index (χ0n) is 11.4. The molecule has 0 radical (unpaired) electrons. The summed E-state index contributed by atoms with van der Waals surface area (Å²) in [4.78, 5) is 2.51. The quantitative estimate of drug-likeness (QED) is 0.413. The van der Waals surface area contributed by atoms with Crippen molar-refractivity contribution >= 4 is 0 Å². The smallest absolute Gasteiger partial charge is 0.00163 e. The lowest BCUT2D eigenvalue weighted by atomic mass is 9.96. The van der Waals surface area contributed by atoms with Gasteiger partial charge in [0, 0.05) is 0 Å². The molecular formula is C12H32N4. The maximum atomic E-state index is 5.53. The highest BCUT2D eigenvalue weighted by Crippen LogP contribution is 2.15. The Balaban J connectivity index is 0. The normalized spacial score (nSPS) is 12.2. The van der Waals surface area contributed by atoms with Crippen LogP contribution in [0.15, 0.2) is 0 Å². The van der Waals surface area contributed by atoms with Crippen LogP contribution in [0.4, 0.5) is 0 Å². The minimum atomic E-state index is 0.849. The third kappa shape index (κ3) is 10.4. The zero-order chi connectivity index (χ0) is 12.8. The monoisotopic (exact) mass is 232 g/mol. The summed E-state index contributed by atoms with van der Waals surface area (Å²) in [6.45, 7) is 11.3. The molecule has 1 unspecified atom stereocenters. The number of rotatable bonds is 9. The highest BCUT2D eigenvalue weighted by Gasteiger charge is 2.07. The van der Waals surface area contributed by atoms with Crippen LogP contribution in [0.2, 0.25) is 0 Å². The van der Waals surface area contributed by atoms with E-state index in [1.165, 1.54) is 45.3 Å². The van der Waals surface area contributed by atoms with Gasteiger partial charge in [-0.25, -0.2) is 0 Å². The van der Waals surface area contributed by atoms with Crippen molar-refractivity contribution in [1.82, 2.24) is 4.90 Å². The molecule has 0 aromatic heterocycles. The van der Waals surface area contributed by atoms with Gasteiger partial charge >= 0.3 is 0 Å². The van der Waals surface area contributed by atoms with Crippen LogP contribution in [-0.4, -0.2) is 31.1 Å². The summed E-state index contributed by atoms with van der Waals surface area (Å²) in [6, 6.07) is 0. The maximum absolute atomic E-state index is 5.53. The van der Waals surface area contributed by atoms with Crippen LogP contribution in [0, 0.1) is 5.92 Å². The Kier molecular flexibility index (Phi) is 16.9. The van der Waals surface area contributed by atoms with Crippen LogP contribution in [0.5, 0.6) is 0 Å². The summed E-state index contributed by atoms with van der Waals surface area (Å²) < 4.78 is 0. The van der Waals surface area contributed by atoms with Crippen molar-refractivity contribution in [2.75, 3.05) is 26.2 Å². The van der Waals surface area contributed by atoms with E-state index in [0.29, 0.717) is 0 Å². The van der Waals surface area contributed by atoms with E-state index >= 15 is 0 Å². The van der Waals surface area contributed by atoms with E-state index in [9.17, 15) is 0 Å². The maximum Gasteiger partial charge on any atom is -0.00163 e. The van der Waals surface area contributed by atoms with Gasteiger partial charge in [0.25, 0.3) is 0 Å². The van der Waals surface area contributed by atoms with Gasteiger partial charge in [-0.3, -0.25) is 11.7 Å². The van der Waals surface area contributed by atoms with Crippen LogP contribution >= 0.6 is 0 Å². The first-order chi connectivity index (χ1) is 7.78. The number of nitrogens with zero attached hydrogens (tertiary/aromatic N) is 1. The van der Waals surface area contributed by atoms with Crippen molar-refractivity contribution < 1.29 is 0 Å². The number of hydrogen-bond acceptors (Lipinski definition) is 4. The van der Waals surface area contributed by atoms with E-state index in [1.807, 2.05) is 0 Å². The van der Waals surface area contributed by atoms with Crippen LogP contribution in [-0.2, 0) is 0 Å². The number of hydrogen-bond donors (Lipinski definition) is 3. The largest absolute Gasteiger partial charge is 0.330 e.